The second-order valence-electron chi connectivity index (χ2n) is 8.20. The van der Waals surface area contributed by atoms with E-state index in [1.54, 1.807) is 17.1 Å². The average molecular weight is 416 g/mol. The van der Waals surface area contributed by atoms with Gasteiger partial charge in [-0.15, -0.1) is 0 Å². The zero-order chi connectivity index (χ0) is 21.3. The van der Waals surface area contributed by atoms with Gasteiger partial charge in [0.25, 0.3) is 0 Å². The van der Waals surface area contributed by atoms with Crippen LogP contribution in [0.4, 0.5) is 0 Å². The minimum Gasteiger partial charge on any atom is -0.356 e. The van der Waals surface area contributed by atoms with E-state index in [0.29, 0.717) is 17.5 Å². The van der Waals surface area contributed by atoms with Crippen LogP contribution < -0.4 is 5.32 Å². The van der Waals surface area contributed by atoms with Crippen LogP contribution in [0, 0.1) is 25.7 Å². The molecule has 154 valence electrons. The standard InChI is InChI=1S/C22H26ClN3O3/c1-12(2)9-24-19(28)8-15-7-18(27)21(22(15)29)20-13(3)5-17(6-14(20)4)26-11-16(23)10-25-26/h5-6,10-12,15,21H,7-9H2,1-4H3,(H,24,28). The number of aryl methyl sites for hydroxylation is 2. The molecular weight excluding hydrogens is 390 g/mol. The minimum atomic E-state index is -0.798. The summed E-state index contributed by atoms with van der Waals surface area (Å²) in [5.74, 6) is -1.46. The first-order chi connectivity index (χ1) is 13.7. The van der Waals surface area contributed by atoms with Crippen LogP contribution in [0.15, 0.2) is 24.5 Å². The van der Waals surface area contributed by atoms with Crippen LogP contribution in [0.1, 0.15) is 49.3 Å². The summed E-state index contributed by atoms with van der Waals surface area (Å²) in [6.07, 6.45) is 3.44. The SMILES string of the molecule is Cc1cc(-n2cc(Cl)cn2)cc(C)c1C1C(=O)CC(CC(=O)NCC(C)C)C1=O. The molecule has 7 heteroatoms. The van der Waals surface area contributed by atoms with Gasteiger partial charge in [0.2, 0.25) is 5.91 Å². The number of nitrogens with zero attached hydrogens (tertiary/aromatic N) is 2. The first-order valence-electron chi connectivity index (χ1n) is 9.82. The molecule has 1 aliphatic carbocycles. The molecule has 1 fully saturated rings. The number of hydrogen-bond donors (Lipinski definition) is 1. The number of benzene rings is 1. The van der Waals surface area contributed by atoms with Gasteiger partial charge in [-0.05, 0) is 48.6 Å². The van der Waals surface area contributed by atoms with Crippen LogP contribution >= 0.6 is 11.6 Å². The van der Waals surface area contributed by atoms with Crippen LogP contribution in [0.2, 0.25) is 5.02 Å². The van der Waals surface area contributed by atoms with Gasteiger partial charge in [-0.25, -0.2) is 4.68 Å². The number of rotatable bonds is 6. The summed E-state index contributed by atoms with van der Waals surface area (Å²) < 4.78 is 1.66. The van der Waals surface area contributed by atoms with Crippen molar-refractivity contribution in [1.82, 2.24) is 15.1 Å². The quantitative estimate of drug-likeness (QED) is 0.731. The Morgan fingerprint density at radius 2 is 1.93 bits per heavy atom. The van der Waals surface area contributed by atoms with Crippen molar-refractivity contribution in [1.29, 1.82) is 0 Å². The summed E-state index contributed by atoms with van der Waals surface area (Å²) in [5.41, 5.74) is 3.26. The maximum absolute atomic E-state index is 13.0. The Hall–Kier alpha value is -2.47. The molecule has 29 heavy (non-hydrogen) atoms. The number of carbonyl (C=O) groups is 3. The maximum atomic E-state index is 13.0. The molecule has 2 aromatic rings. The van der Waals surface area contributed by atoms with Gasteiger partial charge >= 0.3 is 0 Å². The molecule has 0 saturated heterocycles. The largest absolute Gasteiger partial charge is 0.356 e. The highest BCUT2D eigenvalue weighted by atomic mass is 35.5. The monoisotopic (exact) mass is 415 g/mol. The van der Waals surface area contributed by atoms with E-state index in [-0.39, 0.29) is 30.3 Å². The first kappa shape index (κ1) is 21.2. The lowest BCUT2D eigenvalue weighted by atomic mass is 9.87. The third kappa shape index (κ3) is 4.58. The molecule has 1 amide bonds. The highest BCUT2D eigenvalue weighted by Crippen LogP contribution is 2.37. The van der Waals surface area contributed by atoms with Crippen LogP contribution in [-0.4, -0.2) is 33.8 Å². The van der Waals surface area contributed by atoms with Gasteiger partial charge in [-0.1, -0.05) is 25.4 Å². The molecule has 2 atom stereocenters. The number of ketones is 2. The predicted octanol–water partition coefficient (Wildman–Crippen LogP) is 3.55. The zero-order valence-corrected chi connectivity index (χ0v) is 17.9. The highest BCUT2D eigenvalue weighted by molar-refractivity contribution is 6.30. The Kier molecular flexibility index (Phi) is 6.22. The molecule has 6 nitrogen and oxygen atoms in total. The molecule has 0 radical (unpaired) electrons. The molecule has 2 unspecified atom stereocenters. The first-order valence-corrected chi connectivity index (χ1v) is 10.2. The van der Waals surface area contributed by atoms with E-state index in [2.05, 4.69) is 10.4 Å². The van der Waals surface area contributed by atoms with Crippen molar-refractivity contribution in [2.45, 2.75) is 46.5 Å². The predicted molar refractivity (Wildman–Crippen MR) is 111 cm³/mol. The van der Waals surface area contributed by atoms with Crippen molar-refractivity contribution in [2.24, 2.45) is 11.8 Å². The number of hydrogen-bond acceptors (Lipinski definition) is 4. The van der Waals surface area contributed by atoms with Gasteiger partial charge in [0.15, 0.2) is 5.78 Å². The molecule has 1 saturated carbocycles. The summed E-state index contributed by atoms with van der Waals surface area (Å²) in [6, 6.07) is 3.80. The van der Waals surface area contributed by atoms with Crippen molar-refractivity contribution < 1.29 is 14.4 Å². The summed E-state index contributed by atoms with van der Waals surface area (Å²) in [6.45, 7) is 8.36. The van der Waals surface area contributed by atoms with Crippen LogP contribution in [0.25, 0.3) is 5.69 Å². The van der Waals surface area contributed by atoms with Crippen molar-refractivity contribution >= 4 is 29.1 Å². The van der Waals surface area contributed by atoms with Gasteiger partial charge in [0.05, 0.1) is 16.9 Å². The lowest BCUT2D eigenvalue weighted by Crippen LogP contribution is -2.30. The number of halogens is 1. The molecule has 0 aliphatic heterocycles. The third-order valence-corrected chi connectivity index (χ3v) is 5.47. The van der Waals surface area contributed by atoms with Gasteiger partial charge in [-0.3, -0.25) is 14.4 Å². The summed E-state index contributed by atoms with van der Waals surface area (Å²) in [7, 11) is 0. The molecule has 1 aliphatic rings. The topological polar surface area (TPSA) is 81.1 Å². The Morgan fingerprint density at radius 3 is 2.48 bits per heavy atom. The molecule has 1 N–H and O–H groups in total. The van der Waals surface area contributed by atoms with Gasteiger partial charge < -0.3 is 5.32 Å². The lowest BCUT2D eigenvalue weighted by Gasteiger charge is -2.17. The summed E-state index contributed by atoms with van der Waals surface area (Å²) >= 11 is 5.95. The smallest absolute Gasteiger partial charge is 0.220 e. The number of Topliss-reactive ketones (excluding diaryl/α,β-unsaturated/α-hetero) is 2. The number of nitrogens with one attached hydrogen (secondary N) is 1. The second kappa shape index (κ2) is 8.49. The van der Waals surface area contributed by atoms with Crippen molar-refractivity contribution in [3.05, 3.63) is 46.2 Å². The Morgan fingerprint density at radius 1 is 1.28 bits per heavy atom. The second-order valence-corrected chi connectivity index (χ2v) is 8.64. The number of aromatic nitrogens is 2. The fraction of sp³-hybridized carbons (Fsp3) is 0.455. The van der Waals surface area contributed by atoms with E-state index < -0.39 is 11.8 Å². The molecule has 3 rings (SSSR count). The van der Waals surface area contributed by atoms with Crippen LogP contribution in [-0.2, 0) is 14.4 Å². The zero-order valence-electron chi connectivity index (χ0n) is 17.2. The van der Waals surface area contributed by atoms with E-state index in [4.69, 9.17) is 11.6 Å². The lowest BCUT2D eigenvalue weighted by molar-refractivity contribution is -0.128. The van der Waals surface area contributed by atoms with E-state index in [1.165, 1.54) is 0 Å². The minimum absolute atomic E-state index is 0.0652. The summed E-state index contributed by atoms with van der Waals surface area (Å²) in [5, 5.41) is 7.56. The Bertz CT molecular complexity index is 941. The number of amides is 1. The van der Waals surface area contributed by atoms with Gasteiger partial charge in [0.1, 0.15) is 11.7 Å². The number of carbonyl (C=O) groups excluding carboxylic acids is 3. The highest BCUT2D eigenvalue weighted by Gasteiger charge is 2.43. The molecule has 0 spiro atoms. The molecule has 0 bridgehead atoms. The molecule has 1 aromatic heterocycles. The van der Waals surface area contributed by atoms with Crippen molar-refractivity contribution in [3.63, 3.8) is 0 Å². The third-order valence-electron chi connectivity index (χ3n) is 5.28. The van der Waals surface area contributed by atoms with Crippen molar-refractivity contribution in [2.75, 3.05) is 6.54 Å². The molecule has 1 heterocycles. The van der Waals surface area contributed by atoms with Gasteiger partial charge in [0, 0.05) is 31.5 Å². The van der Waals surface area contributed by atoms with E-state index >= 15 is 0 Å². The fourth-order valence-electron chi connectivity index (χ4n) is 3.93. The summed E-state index contributed by atoms with van der Waals surface area (Å²) in [4.78, 5) is 37.9. The Balaban J connectivity index is 1.82. The van der Waals surface area contributed by atoms with Crippen LogP contribution in [0.3, 0.4) is 0 Å². The Labute approximate surface area is 175 Å². The van der Waals surface area contributed by atoms with Crippen molar-refractivity contribution in [3.8, 4) is 5.69 Å². The molecule has 1 aromatic carbocycles. The van der Waals surface area contributed by atoms with E-state index in [0.717, 1.165) is 22.4 Å². The van der Waals surface area contributed by atoms with E-state index in [9.17, 15) is 14.4 Å². The normalized spacial score (nSPS) is 19.2. The van der Waals surface area contributed by atoms with Gasteiger partial charge in [-0.2, -0.15) is 5.10 Å². The maximum Gasteiger partial charge on any atom is 0.220 e. The molecular formula is C22H26ClN3O3. The van der Waals surface area contributed by atoms with E-state index in [1.807, 2.05) is 39.8 Å². The average Bonchev–Trinajstić information content (AvgIpc) is 3.18. The van der Waals surface area contributed by atoms with Crippen LogP contribution in [0.5, 0.6) is 0 Å². The fourth-order valence-corrected chi connectivity index (χ4v) is 4.06.